The fourth-order valence-corrected chi connectivity index (χ4v) is 9.75. The number of fused-ring (bicyclic) bond motifs is 5. The van der Waals surface area contributed by atoms with E-state index in [-0.39, 0.29) is 22.7 Å². The van der Waals surface area contributed by atoms with Crippen LogP contribution in [0.25, 0.3) is 0 Å². The highest BCUT2D eigenvalue weighted by Gasteiger charge is 2.61. The van der Waals surface area contributed by atoms with Gasteiger partial charge < -0.3 is 20.4 Å². The summed E-state index contributed by atoms with van der Waals surface area (Å²) in [4.78, 5) is 0. The molecule has 0 aliphatic heterocycles. The van der Waals surface area contributed by atoms with Gasteiger partial charge >= 0.3 is 0 Å². The van der Waals surface area contributed by atoms with Crippen LogP contribution in [-0.4, -0.2) is 44.8 Å². The maximum absolute atomic E-state index is 11.2. The molecule has 0 aromatic carbocycles. The van der Waals surface area contributed by atoms with Gasteiger partial charge in [0.2, 0.25) is 0 Å². The zero-order valence-corrected chi connectivity index (χ0v) is 21.9. The van der Waals surface area contributed by atoms with Crippen molar-refractivity contribution < 1.29 is 20.4 Å². The molecule has 4 N–H and O–H groups in total. The third-order valence-electron chi connectivity index (χ3n) is 11.6. The second-order valence-electron chi connectivity index (χ2n) is 13.2. The molecule has 4 unspecified atom stereocenters. The predicted molar refractivity (Wildman–Crippen MR) is 132 cm³/mol. The average molecular weight is 463 g/mol. The molecule has 0 heterocycles. The van der Waals surface area contributed by atoms with Crippen LogP contribution in [0.4, 0.5) is 0 Å². The van der Waals surface area contributed by atoms with Crippen molar-refractivity contribution in [3.63, 3.8) is 0 Å². The maximum atomic E-state index is 11.2. The van der Waals surface area contributed by atoms with Crippen LogP contribution >= 0.6 is 0 Å². The van der Waals surface area contributed by atoms with Crippen LogP contribution in [0.2, 0.25) is 0 Å². The van der Waals surface area contributed by atoms with Gasteiger partial charge in [0.05, 0.1) is 18.3 Å². The Hall–Kier alpha value is -0.420. The molecule has 4 fully saturated rings. The highest BCUT2D eigenvalue weighted by atomic mass is 16.3. The Labute approximate surface area is 201 Å². The minimum Gasteiger partial charge on any atom is -0.390 e. The standard InChI is InChI=1S/C29H50O4/c1-7-19(16(2)3)27(33)26(32)17(4)21-10-11-22-20-9-8-18-14-24(30)25(31)15-29(18,6)23(20)12-13-28(21,22)5/h7,16-18,20-27,30-33H,8-15H2,1-6H3/t17-,18?,20?,21+,22?,23?,24-,25+,26+,27+,28+,29-/m0/s1. The average Bonchev–Trinajstić information content (AvgIpc) is 3.11. The van der Waals surface area contributed by atoms with Crippen LogP contribution in [0, 0.1) is 52.3 Å². The molecule has 0 saturated heterocycles. The topological polar surface area (TPSA) is 80.9 Å². The van der Waals surface area contributed by atoms with Crippen molar-refractivity contribution >= 4 is 0 Å². The molecule has 4 aliphatic rings. The van der Waals surface area contributed by atoms with Crippen molar-refractivity contribution in [3.8, 4) is 0 Å². The van der Waals surface area contributed by atoms with Crippen molar-refractivity contribution in [2.75, 3.05) is 0 Å². The lowest BCUT2D eigenvalue weighted by Gasteiger charge is -2.61. The summed E-state index contributed by atoms with van der Waals surface area (Å²) in [5.74, 6) is 3.26. The van der Waals surface area contributed by atoms with E-state index in [1.807, 2.05) is 13.0 Å². The minimum absolute atomic E-state index is 0.0684. The van der Waals surface area contributed by atoms with Gasteiger partial charge in [-0.3, -0.25) is 0 Å². The van der Waals surface area contributed by atoms with Crippen molar-refractivity contribution in [1.29, 1.82) is 0 Å². The third kappa shape index (κ3) is 4.05. The summed E-state index contributed by atoms with van der Waals surface area (Å²) >= 11 is 0. The smallest absolute Gasteiger partial charge is 0.101 e. The van der Waals surface area contributed by atoms with Crippen molar-refractivity contribution in [3.05, 3.63) is 11.6 Å². The molecular weight excluding hydrogens is 412 g/mol. The number of allylic oxidation sites excluding steroid dienone is 1. The van der Waals surface area contributed by atoms with Gasteiger partial charge in [0.1, 0.15) is 6.10 Å². The molecule has 0 radical (unpaired) electrons. The Morgan fingerprint density at radius 3 is 2.18 bits per heavy atom. The van der Waals surface area contributed by atoms with Gasteiger partial charge in [-0.15, -0.1) is 0 Å². The zero-order chi connectivity index (χ0) is 24.3. The molecule has 0 aromatic heterocycles. The van der Waals surface area contributed by atoms with Gasteiger partial charge in [0, 0.05) is 0 Å². The van der Waals surface area contributed by atoms with Gasteiger partial charge in [-0.1, -0.05) is 40.7 Å². The van der Waals surface area contributed by atoms with E-state index in [0.717, 1.165) is 24.8 Å². The molecular formula is C29H50O4. The minimum atomic E-state index is -0.784. The molecule has 4 saturated carbocycles. The van der Waals surface area contributed by atoms with Crippen LogP contribution in [-0.2, 0) is 0 Å². The van der Waals surface area contributed by atoms with Gasteiger partial charge in [-0.05, 0) is 116 Å². The summed E-state index contributed by atoms with van der Waals surface area (Å²) in [6.45, 7) is 13.2. The summed E-state index contributed by atoms with van der Waals surface area (Å²) < 4.78 is 0. The van der Waals surface area contributed by atoms with E-state index >= 15 is 0 Å². The van der Waals surface area contributed by atoms with Crippen molar-refractivity contribution in [1.82, 2.24) is 0 Å². The Morgan fingerprint density at radius 1 is 0.879 bits per heavy atom. The van der Waals surface area contributed by atoms with Crippen molar-refractivity contribution in [2.24, 2.45) is 52.3 Å². The first kappa shape index (κ1) is 25.7. The molecule has 0 spiro atoms. The van der Waals surface area contributed by atoms with Crippen LogP contribution in [0.15, 0.2) is 11.6 Å². The summed E-state index contributed by atoms with van der Waals surface area (Å²) in [7, 11) is 0. The SMILES string of the molecule is CC=C(C(C)C)[C@@H](O)[C@H](O)[C@@H](C)[C@H]1CCC2C3CCC4C[C@H](O)[C@H](O)C[C@]4(C)C3CC[C@@]21C. The molecule has 4 rings (SSSR count). The van der Waals surface area contributed by atoms with Crippen LogP contribution in [0.5, 0.6) is 0 Å². The molecule has 0 amide bonds. The number of aliphatic hydroxyl groups is 4. The maximum Gasteiger partial charge on any atom is 0.101 e. The summed E-state index contributed by atoms with van der Waals surface area (Å²) in [6.07, 6.45) is 8.01. The lowest BCUT2D eigenvalue weighted by atomic mass is 9.44. The number of hydrogen-bond donors (Lipinski definition) is 4. The third-order valence-corrected chi connectivity index (χ3v) is 11.6. The molecule has 190 valence electrons. The zero-order valence-electron chi connectivity index (χ0n) is 21.9. The van der Waals surface area contributed by atoms with E-state index in [1.54, 1.807) is 0 Å². The molecule has 33 heavy (non-hydrogen) atoms. The molecule has 12 atom stereocenters. The van der Waals surface area contributed by atoms with E-state index < -0.39 is 24.4 Å². The summed E-state index contributed by atoms with van der Waals surface area (Å²) in [6, 6.07) is 0. The quantitative estimate of drug-likeness (QED) is 0.436. The Kier molecular flexibility index (Phi) is 7.17. The number of hydrogen-bond acceptors (Lipinski definition) is 4. The van der Waals surface area contributed by atoms with Crippen LogP contribution < -0.4 is 0 Å². The Bertz CT molecular complexity index is 733. The molecule has 4 nitrogen and oxygen atoms in total. The van der Waals surface area contributed by atoms with Crippen molar-refractivity contribution in [2.45, 2.75) is 117 Å². The van der Waals surface area contributed by atoms with Gasteiger partial charge in [-0.2, -0.15) is 0 Å². The Morgan fingerprint density at radius 2 is 1.55 bits per heavy atom. The van der Waals surface area contributed by atoms with Crippen LogP contribution in [0.3, 0.4) is 0 Å². The summed E-state index contributed by atoms with van der Waals surface area (Å²) in [5, 5.41) is 43.1. The first-order valence-electron chi connectivity index (χ1n) is 13.8. The molecule has 4 heteroatoms. The highest BCUT2D eigenvalue weighted by molar-refractivity contribution is 5.15. The predicted octanol–water partition coefficient (Wildman–Crippen LogP) is 4.94. The monoisotopic (exact) mass is 462 g/mol. The van der Waals surface area contributed by atoms with Gasteiger partial charge in [-0.25, -0.2) is 0 Å². The van der Waals surface area contributed by atoms with E-state index in [9.17, 15) is 20.4 Å². The summed E-state index contributed by atoms with van der Waals surface area (Å²) in [5.41, 5.74) is 1.30. The normalized spacial score (nSPS) is 48.6. The Balaban J connectivity index is 1.53. The van der Waals surface area contributed by atoms with Crippen LogP contribution in [0.1, 0.15) is 92.9 Å². The fraction of sp³-hybridized carbons (Fsp3) is 0.931. The second-order valence-corrected chi connectivity index (χ2v) is 13.2. The van der Waals surface area contributed by atoms with E-state index in [4.69, 9.17) is 0 Å². The number of rotatable bonds is 5. The van der Waals surface area contributed by atoms with E-state index in [2.05, 4.69) is 34.6 Å². The van der Waals surface area contributed by atoms with E-state index in [1.165, 1.54) is 32.1 Å². The lowest BCUT2D eigenvalue weighted by molar-refractivity contribution is -0.162. The fourth-order valence-electron chi connectivity index (χ4n) is 9.75. The van der Waals surface area contributed by atoms with Gasteiger partial charge in [0.25, 0.3) is 0 Å². The lowest BCUT2D eigenvalue weighted by Crippen LogP contribution is -2.57. The van der Waals surface area contributed by atoms with E-state index in [0.29, 0.717) is 29.6 Å². The molecule has 0 aromatic rings. The molecule has 4 aliphatic carbocycles. The number of aliphatic hydroxyl groups excluding tert-OH is 4. The second kappa shape index (κ2) is 9.22. The first-order valence-corrected chi connectivity index (χ1v) is 13.8. The highest BCUT2D eigenvalue weighted by Crippen LogP contribution is 2.68. The first-order chi connectivity index (χ1) is 15.5. The van der Waals surface area contributed by atoms with Gasteiger partial charge in [0.15, 0.2) is 0 Å². The molecule has 0 bridgehead atoms. The largest absolute Gasteiger partial charge is 0.390 e.